The highest BCUT2D eigenvalue weighted by atomic mass is 32.1. The molecule has 158 valence electrons. The molecule has 0 N–H and O–H groups in total. The van der Waals surface area contributed by atoms with Gasteiger partial charge in [0.1, 0.15) is 12.4 Å². The van der Waals surface area contributed by atoms with Crippen LogP contribution in [0, 0.1) is 5.82 Å². The zero-order valence-electron chi connectivity index (χ0n) is 15.5. The van der Waals surface area contributed by atoms with E-state index in [1.165, 1.54) is 28.2 Å². The predicted molar refractivity (Wildman–Crippen MR) is 104 cm³/mol. The van der Waals surface area contributed by atoms with Gasteiger partial charge in [0.25, 0.3) is 5.56 Å². The molecule has 0 atom stereocenters. The van der Waals surface area contributed by atoms with Crippen molar-refractivity contribution in [2.75, 3.05) is 26.3 Å². The topological polar surface area (TPSA) is 51.5 Å². The molecular weight excluding hydrogens is 424 g/mol. The van der Waals surface area contributed by atoms with Crippen molar-refractivity contribution in [2.45, 2.75) is 12.7 Å². The van der Waals surface area contributed by atoms with E-state index in [4.69, 9.17) is 4.74 Å². The second-order valence-corrected chi connectivity index (χ2v) is 7.73. The number of nitrogens with zero attached hydrogens (tertiary/aromatic N) is 2. The van der Waals surface area contributed by atoms with Crippen molar-refractivity contribution in [1.82, 2.24) is 9.47 Å². The van der Waals surface area contributed by atoms with Crippen molar-refractivity contribution in [2.24, 2.45) is 0 Å². The van der Waals surface area contributed by atoms with E-state index in [2.05, 4.69) is 0 Å². The van der Waals surface area contributed by atoms with Gasteiger partial charge in [-0.3, -0.25) is 9.59 Å². The Morgan fingerprint density at radius 3 is 2.60 bits per heavy atom. The van der Waals surface area contributed by atoms with Crippen molar-refractivity contribution in [3.63, 3.8) is 0 Å². The average molecular weight is 440 g/mol. The van der Waals surface area contributed by atoms with Gasteiger partial charge in [-0.2, -0.15) is 13.2 Å². The number of hydrogen-bond acceptors (Lipinski definition) is 4. The average Bonchev–Trinajstić information content (AvgIpc) is 3.15. The van der Waals surface area contributed by atoms with Crippen LogP contribution in [0.15, 0.2) is 40.6 Å². The predicted octanol–water partition coefficient (Wildman–Crippen LogP) is 3.75. The van der Waals surface area contributed by atoms with E-state index in [1.807, 2.05) is 0 Å². The molecule has 1 saturated heterocycles. The third-order valence-corrected chi connectivity index (χ3v) is 5.90. The highest BCUT2D eigenvalue weighted by Crippen LogP contribution is 2.37. The number of thiophene rings is 1. The fourth-order valence-electron chi connectivity index (χ4n) is 3.39. The lowest BCUT2D eigenvalue weighted by Gasteiger charge is -2.27. The van der Waals surface area contributed by atoms with Gasteiger partial charge in [-0.25, -0.2) is 4.39 Å². The maximum Gasteiger partial charge on any atom is 0.419 e. The lowest BCUT2D eigenvalue weighted by molar-refractivity contribution is -0.140. The minimum Gasteiger partial charge on any atom is -0.378 e. The number of alkyl halides is 3. The summed E-state index contributed by atoms with van der Waals surface area (Å²) in [5.41, 5.74) is -1.51. The van der Waals surface area contributed by atoms with Crippen LogP contribution >= 0.6 is 11.3 Å². The number of halogens is 4. The van der Waals surface area contributed by atoms with Gasteiger partial charge in [-0.15, -0.1) is 11.3 Å². The highest BCUT2D eigenvalue weighted by molar-refractivity contribution is 7.17. The Morgan fingerprint density at radius 1 is 1.17 bits per heavy atom. The summed E-state index contributed by atoms with van der Waals surface area (Å²) in [6.07, 6.45) is -3.36. The lowest BCUT2D eigenvalue weighted by atomic mass is 10.0. The number of rotatable bonds is 3. The number of aromatic nitrogens is 1. The first-order valence-corrected chi connectivity index (χ1v) is 9.97. The van der Waals surface area contributed by atoms with Gasteiger partial charge in [0.05, 0.1) is 24.2 Å². The fraction of sp³-hybridized carbons (Fsp3) is 0.300. The smallest absolute Gasteiger partial charge is 0.378 e. The van der Waals surface area contributed by atoms with Crippen molar-refractivity contribution in [3.05, 3.63) is 57.6 Å². The number of carbonyl (C=O) groups excluding carboxylic acids is 1. The standard InChI is InChI=1S/C20H16F4N2O3S/c21-15-2-1-12(9-14(15)20(22,23)24)13-11-30-16-3-4-26(19(28)18(13)16)10-17(27)25-5-7-29-8-6-25/h1-4,9,11H,5-8,10H2. The van der Waals surface area contributed by atoms with E-state index in [0.717, 1.165) is 6.07 Å². The Kier molecular flexibility index (Phi) is 5.37. The zero-order valence-corrected chi connectivity index (χ0v) is 16.4. The molecule has 1 aliphatic heterocycles. The number of morpholine rings is 1. The molecule has 3 heterocycles. The normalized spacial score (nSPS) is 15.0. The number of amides is 1. The van der Waals surface area contributed by atoms with E-state index in [1.54, 1.807) is 16.3 Å². The van der Waals surface area contributed by atoms with E-state index in [-0.39, 0.29) is 29.0 Å². The summed E-state index contributed by atoms with van der Waals surface area (Å²) >= 11 is 1.20. The number of benzene rings is 1. The number of pyridine rings is 1. The van der Waals surface area contributed by atoms with E-state index >= 15 is 0 Å². The van der Waals surface area contributed by atoms with E-state index in [0.29, 0.717) is 37.1 Å². The van der Waals surface area contributed by atoms with E-state index in [9.17, 15) is 27.2 Å². The van der Waals surface area contributed by atoms with Crippen molar-refractivity contribution in [3.8, 4) is 11.1 Å². The molecule has 0 unspecified atom stereocenters. The van der Waals surface area contributed by atoms with Gasteiger partial charge in [0, 0.05) is 34.9 Å². The SMILES string of the molecule is O=C(Cn1ccc2scc(-c3ccc(F)c(C(F)(F)F)c3)c2c1=O)N1CCOCC1. The van der Waals surface area contributed by atoms with Gasteiger partial charge >= 0.3 is 6.18 Å². The van der Waals surface area contributed by atoms with Crippen LogP contribution in [-0.2, 0) is 22.3 Å². The molecule has 0 aliphatic carbocycles. The van der Waals surface area contributed by atoms with Gasteiger partial charge in [0.2, 0.25) is 5.91 Å². The quantitative estimate of drug-likeness (QED) is 0.583. The first-order chi connectivity index (χ1) is 14.3. The first-order valence-electron chi connectivity index (χ1n) is 9.09. The number of hydrogen-bond donors (Lipinski definition) is 0. The van der Waals surface area contributed by atoms with Crippen LogP contribution in [0.3, 0.4) is 0 Å². The summed E-state index contributed by atoms with van der Waals surface area (Å²) in [5, 5.41) is 1.77. The summed E-state index contributed by atoms with van der Waals surface area (Å²) < 4.78 is 60.0. The minimum atomic E-state index is -4.85. The van der Waals surface area contributed by atoms with Crippen molar-refractivity contribution in [1.29, 1.82) is 0 Å². The summed E-state index contributed by atoms with van der Waals surface area (Å²) in [6.45, 7) is 1.56. The van der Waals surface area contributed by atoms with Crippen LogP contribution in [0.5, 0.6) is 0 Å². The Bertz CT molecular complexity index is 1160. The lowest BCUT2D eigenvalue weighted by Crippen LogP contribution is -2.43. The summed E-state index contributed by atoms with van der Waals surface area (Å²) in [5.74, 6) is -1.61. The van der Waals surface area contributed by atoms with Crippen LogP contribution in [0.4, 0.5) is 17.6 Å². The maximum absolute atomic E-state index is 13.7. The van der Waals surface area contributed by atoms with Crippen LogP contribution in [0.25, 0.3) is 21.2 Å². The molecule has 30 heavy (non-hydrogen) atoms. The van der Waals surface area contributed by atoms with E-state index < -0.39 is 23.1 Å². The molecule has 0 radical (unpaired) electrons. The van der Waals surface area contributed by atoms with Gasteiger partial charge in [0.15, 0.2) is 0 Å². The number of ether oxygens (including phenoxy) is 1. The molecule has 10 heteroatoms. The summed E-state index contributed by atoms with van der Waals surface area (Å²) in [6, 6.07) is 4.30. The number of fused-ring (bicyclic) bond motifs is 1. The van der Waals surface area contributed by atoms with Crippen molar-refractivity contribution >= 4 is 27.3 Å². The Labute approximate surface area is 172 Å². The Balaban J connectivity index is 1.74. The van der Waals surface area contributed by atoms with Gasteiger partial charge in [-0.05, 0) is 23.8 Å². The molecule has 3 aromatic rings. The van der Waals surface area contributed by atoms with Crippen molar-refractivity contribution < 1.29 is 27.1 Å². The largest absolute Gasteiger partial charge is 0.419 e. The minimum absolute atomic E-state index is 0.0873. The van der Waals surface area contributed by atoms with Gasteiger partial charge in [-0.1, -0.05) is 6.07 Å². The Morgan fingerprint density at radius 2 is 1.90 bits per heavy atom. The second kappa shape index (κ2) is 7.84. The molecule has 1 aromatic carbocycles. The highest BCUT2D eigenvalue weighted by Gasteiger charge is 2.34. The molecule has 0 saturated carbocycles. The number of carbonyl (C=O) groups is 1. The molecular formula is C20H16F4N2O3S. The van der Waals surface area contributed by atoms with Crippen LogP contribution in [0.2, 0.25) is 0 Å². The molecule has 4 rings (SSSR count). The summed E-state index contributed by atoms with van der Waals surface area (Å²) in [4.78, 5) is 27.1. The maximum atomic E-state index is 13.7. The fourth-order valence-corrected chi connectivity index (χ4v) is 4.34. The van der Waals surface area contributed by atoms with Crippen LogP contribution in [-0.4, -0.2) is 41.7 Å². The van der Waals surface area contributed by atoms with Crippen LogP contribution < -0.4 is 5.56 Å². The molecule has 0 bridgehead atoms. The zero-order chi connectivity index (χ0) is 21.5. The third-order valence-electron chi connectivity index (χ3n) is 4.95. The molecule has 2 aromatic heterocycles. The molecule has 1 amide bonds. The van der Waals surface area contributed by atoms with Crippen LogP contribution in [0.1, 0.15) is 5.56 Å². The van der Waals surface area contributed by atoms with Gasteiger partial charge < -0.3 is 14.2 Å². The second-order valence-electron chi connectivity index (χ2n) is 6.82. The first kappa shape index (κ1) is 20.5. The molecule has 1 aliphatic rings. The third kappa shape index (κ3) is 3.84. The molecule has 1 fully saturated rings. The Hall–Kier alpha value is -2.72. The summed E-state index contributed by atoms with van der Waals surface area (Å²) in [7, 11) is 0. The monoisotopic (exact) mass is 440 g/mol. The molecule has 0 spiro atoms. The molecule has 5 nitrogen and oxygen atoms in total.